The lowest BCUT2D eigenvalue weighted by Crippen LogP contribution is -2.55. The fraction of sp³-hybridized carbons (Fsp3) is 0.467. The molecule has 7 heteroatoms. The van der Waals surface area contributed by atoms with Crippen molar-refractivity contribution in [3.05, 3.63) is 30.1 Å². The minimum Gasteiger partial charge on any atom is -0.493 e. The van der Waals surface area contributed by atoms with Gasteiger partial charge in [0.25, 0.3) is 0 Å². The number of halogens is 1. The van der Waals surface area contributed by atoms with Crippen LogP contribution in [0.5, 0.6) is 5.75 Å². The van der Waals surface area contributed by atoms with Crippen molar-refractivity contribution in [2.45, 2.75) is 24.8 Å². The van der Waals surface area contributed by atoms with Gasteiger partial charge in [-0.25, -0.2) is 9.18 Å². The lowest BCUT2D eigenvalue weighted by Gasteiger charge is -2.23. The first-order valence-corrected chi connectivity index (χ1v) is 7.02. The summed E-state index contributed by atoms with van der Waals surface area (Å²) >= 11 is 0. The summed E-state index contributed by atoms with van der Waals surface area (Å²) in [5.41, 5.74) is -1.32. The first kappa shape index (κ1) is 16.2. The zero-order valence-electron chi connectivity index (χ0n) is 12.0. The minimum absolute atomic E-state index is 0.0200. The first-order chi connectivity index (χ1) is 10.5. The van der Waals surface area contributed by atoms with Gasteiger partial charge >= 0.3 is 5.97 Å². The lowest BCUT2D eigenvalue weighted by molar-refractivity contribution is -0.147. The third-order valence-corrected chi connectivity index (χ3v) is 3.42. The van der Waals surface area contributed by atoms with E-state index in [0.717, 1.165) is 0 Å². The average molecular weight is 311 g/mol. The van der Waals surface area contributed by atoms with Gasteiger partial charge in [-0.2, -0.15) is 0 Å². The number of hydrogen-bond donors (Lipinski definition) is 2. The van der Waals surface area contributed by atoms with Crippen molar-refractivity contribution in [1.29, 1.82) is 0 Å². The average Bonchev–Trinajstić information content (AvgIpc) is 2.93. The molecule has 120 valence electrons. The second-order valence-corrected chi connectivity index (χ2v) is 5.15. The maximum absolute atomic E-state index is 12.9. The van der Waals surface area contributed by atoms with Crippen LogP contribution in [-0.2, 0) is 14.3 Å². The summed E-state index contributed by atoms with van der Waals surface area (Å²) in [6.07, 6.45) is 0.789. The Kier molecular flexibility index (Phi) is 5.32. The van der Waals surface area contributed by atoms with Crippen molar-refractivity contribution in [2.75, 3.05) is 19.8 Å². The van der Waals surface area contributed by atoms with Crippen molar-refractivity contribution in [2.24, 2.45) is 0 Å². The van der Waals surface area contributed by atoms with Crippen molar-refractivity contribution in [3.8, 4) is 5.75 Å². The van der Waals surface area contributed by atoms with Crippen LogP contribution in [0.25, 0.3) is 0 Å². The quantitative estimate of drug-likeness (QED) is 0.742. The number of carbonyl (C=O) groups is 2. The van der Waals surface area contributed by atoms with Crippen molar-refractivity contribution in [1.82, 2.24) is 5.32 Å². The second-order valence-electron chi connectivity index (χ2n) is 5.15. The van der Waals surface area contributed by atoms with Gasteiger partial charge < -0.3 is 19.9 Å². The zero-order valence-corrected chi connectivity index (χ0v) is 12.0. The molecule has 1 saturated heterocycles. The highest BCUT2D eigenvalue weighted by Gasteiger charge is 2.43. The molecule has 1 aliphatic rings. The maximum atomic E-state index is 12.9. The molecule has 6 nitrogen and oxygen atoms in total. The number of carbonyl (C=O) groups excluding carboxylic acids is 1. The molecule has 0 bridgehead atoms. The fourth-order valence-corrected chi connectivity index (χ4v) is 2.19. The number of nitrogens with one attached hydrogen (secondary N) is 1. The second kappa shape index (κ2) is 7.22. The highest BCUT2D eigenvalue weighted by molar-refractivity contribution is 5.87. The number of ether oxygens (including phenoxy) is 2. The largest absolute Gasteiger partial charge is 0.493 e. The van der Waals surface area contributed by atoms with Crippen molar-refractivity contribution >= 4 is 11.9 Å². The molecular weight excluding hydrogens is 293 g/mol. The Bertz CT molecular complexity index is 542. The molecule has 2 rings (SSSR count). The molecule has 0 saturated carbocycles. The molecule has 1 unspecified atom stereocenters. The summed E-state index contributed by atoms with van der Waals surface area (Å²) in [7, 11) is 0. The standard InChI is InChI=1S/C15H18FNO5/c16-11-3-1-4-12(9-11)22-7-2-5-13(18)17-15(14(19)20)6-8-21-10-15/h1,3-4,9H,2,5-8,10H2,(H,17,18)(H,19,20). The molecule has 1 aromatic carbocycles. The van der Waals surface area contributed by atoms with Crippen LogP contribution in [0.4, 0.5) is 4.39 Å². The Morgan fingerprint density at radius 3 is 2.91 bits per heavy atom. The fourth-order valence-electron chi connectivity index (χ4n) is 2.19. The molecular formula is C15H18FNO5. The van der Waals surface area contributed by atoms with Crippen LogP contribution in [0.1, 0.15) is 19.3 Å². The van der Waals surface area contributed by atoms with Gasteiger partial charge in [-0.1, -0.05) is 6.07 Å². The molecule has 22 heavy (non-hydrogen) atoms. The number of aliphatic carboxylic acids is 1. The van der Waals surface area contributed by atoms with Gasteiger partial charge in [0.2, 0.25) is 5.91 Å². The molecule has 1 aromatic rings. The number of rotatable bonds is 7. The van der Waals surface area contributed by atoms with E-state index in [9.17, 15) is 19.1 Å². The van der Waals surface area contributed by atoms with E-state index < -0.39 is 11.5 Å². The highest BCUT2D eigenvalue weighted by atomic mass is 19.1. The van der Waals surface area contributed by atoms with Crippen molar-refractivity contribution < 1.29 is 28.6 Å². The SMILES string of the molecule is O=C(CCCOc1cccc(F)c1)NC1(C(=O)O)CCOC1. The zero-order chi connectivity index (χ0) is 16.0. The molecule has 0 radical (unpaired) electrons. The van der Waals surface area contributed by atoms with Gasteiger partial charge in [0.15, 0.2) is 5.54 Å². The van der Waals surface area contributed by atoms with Gasteiger partial charge in [0, 0.05) is 25.5 Å². The highest BCUT2D eigenvalue weighted by Crippen LogP contribution is 2.19. The first-order valence-electron chi connectivity index (χ1n) is 7.02. The monoisotopic (exact) mass is 311 g/mol. The van der Waals surface area contributed by atoms with Gasteiger partial charge in [0.1, 0.15) is 11.6 Å². The number of hydrogen-bond acceptors (Lipinski definition) is 4. The Morgan fingerprint density at radius 1 is 1.45 bits per heavy atom. The molecule has 0 spiro atoms. The Hall–Kier alpha value is -2.15. The van der Waals surface area contributed by atoms with Crippen LogP contribution >= 0.6 is 0 Å². The summed E-state index contributed by atoms with van der Waals surface area (Å²) in [6.45, 7) is 0.538. The topological polar surface area (TPSA) is 84.9 Å². The third kappa shape index (κ3) is 4.17. The lowest BCUT2D eigenvalue weighted by atomic mass is 9.99. The normalized spacial score (nSPS) is 20.6. The smallest absolute Gasteiger partial charge is 0.331 e. The van der Waals surface area contributed by atoms with Crippen LogP contribution in [0.15, 0.2) is 24.3 Å². The van der Waals surface area contributed by atoms with Gasteiger partial charge in [0.05, 0.1) is 13.2 Å². The summed E-state index contributed by atoms with van der Waals surface area (Å²) in [6, 6.07) is 5.73. The van der Waals surface area contributed by atoms with Crippen LogP contribution in [-0.4, -0.2) is 42.3 Å². The van der Waals surface area contributed by atoms with E-state index in [1.807, 2.05) is 0 Å². The van der Waals surface area contributed by atoms with Crippen LogP contribution in [0, 0.1) is 5.82 Å². The summed E-state index contributed by atoms with van der Waals surface area (Å²) in [5, 5.41) is 11.7. The van der Waals surface area contributed by atoms with E-state index in [-0.39, 0.29) is 37.8 Å². The molecule has 2 N–H and O–H groups in total. The van der Waals surface area contributed by atoms with E-state index in [1.165, 1.54) is 18.2 Å². The van der Waals surface area contributed by atoms with Crippen molar-refractivity contribution in [3.63, 3.8) is 0 Å². The number of carboxylic acid groups (broad SMARTS) is 1. The number of carboxylic acids is 1. The summed E-state index contributed by atoms with van der Waals surface area (Å²) in [4.78, 5) is 23.1. The molecule has 0 aromatic heterocycles. The molecule has 0 aliphatic carbocycles. The van der Waals surface area contributed by atoms with E-state index in [2.05, 4.69) is 5.32 Å². The Labute approximate surface area is 127 Å². The summed E-state index contributed by atoms with van der Waals surface area (Å²) in [5.74, 6) is -1.45. The van der Waals surface area contributed by atoms with Crippen LogP contribution in [0.2, 0.25) is 0 Å². The van der Waals surface area contributed by atoms with E-state index in [4.69, 9.17) is 9.47 Å². The van der Waals surface area contributed by atoms with E-state index >= 15 is 0 Å². The Balaban J connectivity index is 1.72. The number of amides is 1. The molecule has 1 atom stereocenters. The van der Waals surface area contributed by atoms with Gasteiger partial charge in [-0.05, 0) is 18.6 Å². The predicted octanol–water partition coefficient (Wildman–Crippen LogP) is 1.34. The predicted molar refractivity (Wildman–Crippen MR) is 75.1 cm³/mol. The van der Waals surface area contributed by atoms with Gasteiger partial charge in [-0.3, -0.25) is 4.79 Å². The minimum atomic E-state index is -1.32. The molecule has 1 heterocycles. The molecule has 1 fully saturated rings. The van der Waals surface area contributed by atoms with Crippen LogP contribution in [0.3, 0.4) is 0 Å². The molecule has 1 aliphatic heterocycles. The number of benzene rings is 1. The van der Waals surface area contributed by atoms with Crippen LogP contribution < -0.4 is 10.1 Å². The molecule has 1 amide bonds. The maximum Gasteiger partial charge on any atom is 0.331 e. The van der Waals surface area contributed by atoms with E-state index in [0.29, 0.717) is 18.8 Å². The van der Waals surface area contributed by atoms with Gasteiger partial charge in [-0.15, -0.1) is 0 Å². The summed E-state index contributed by atoms with van der Waals surface area (Å²) < 4.78 is 23.3. The Morgan fingerprint density at radius 2 is 2.27 bits per heavy atom. The third-order valence-electron chi connectivity index (χ3n) is 3.42. The van der Waals surface area contributed by atoms with E-state index in [1.54, 1.807) is 6.07 Å².